The van der Waals surface area contributed by atoms with Crippen LogP contribution in [0.15, 0.2) is 42.5 Å². The number of para-hydroxylation sites is 1. The Hall–Kier alpha value is -2.06. The van der Waals surface area contributed by atoms with Crippen molar-refractivity contribution >= 4 is 33.9 Å². The fourth-order valence-corrected chi connectivity index (χ4v) is 3.52. The van der Waals surface area contributed by atoms with E-state index in [1.807, 2.05) is 12.1 Å². The van der Waals surface area contributed by atoms with Gasteiger partial charge in [-0.3, -0.25) is 4.98 Å². The Bertz CT molecular complexity index is 869. The number of fused-ring (bicyclic) bond motifs is 3. The van der Waals surface area contributed by atoms with Gasteiger partial charge in [0.15, 0.2) is 0 Å². The Morgan fingerprint density at radius 3 is 2.59 bits per heavy atom. The normalized spacial score (nSPS) is 13.7. The highest BCUT2D eigenvalue weighted by molar-refractivity contribution is 6.30. The van der Waals surface area contributed by atoms with E-state index in [0.717, 1.165) is 29.2 Å². The van der Waals surface area contributed by atoms with Crippen molar-refractivity contribution in [3.63, 3.8) is 0 Å². The monoisotopic (exact) mass is 308 g/mol. The molecule has 0 unspecified atom stereocenters. The second kappa shape index (κ2) is 4.99. The summed E-state index contributed by atoms with van der Waals surface area (Å²) in [5, 5.41) is 2.02. The average molecular weight is 309 g/mol. The second-order valence-corrected chi connectivity index (χ2v) is 6.31. The van der Waals surface area contributed by atoms with E-state index in [-0.39, 0.29) is 0 Å². The zero-order valence-electron chi connectivity index (χ0n) is 12.7. The van der Waals surface area contributed by atoms with Crippen LogP contribution in [0, 0.1) is 13.8 Å². The first-order valence-electron chi connectivity index (χ1n) is 7.57. The molecule has 0 saturated carbocycles. The van der Waals surface area contributed by atoms with E-state index >= 15 is 0 Å². The van der Waals surface area contributed by atoms with E-state index in [1.54, 1.807) is 0 Å². The lowest BCUT2D eigenvalue weighted by Crippen LogP contribution is -2.13. The molecule has 2 nitrogen and oxygen atoms in total. The summed E-state index contributed by atoms with van der Waals surface area (Å²) in [5.74, 6) is 0. The Morgan fingerprint density at radius 1 is 1.05 bits per heavy atom. The van der Waals surface area contributed by atoms with Crippen LogP contribution >= 0.6 is 11.6 Å². The number of aromatic nitrogens is 1. The first-order valence-corrected chi connectivity index (χ1v) is 7.95. The van der Waals surface area contributed by atoms with Gasteiger partial charge in [-0.2, -0.15) is 0 Å². The summed E-state index contributed by atoms with van der Waals surface area (Å²) in [6.07, 6.45) is 1.04. The summed E-state index contributed by atoms with van der Waals surface area (Å²) in [6, 6.07) is 14.5. The van der Waals surface area contributed by atoms with Gasteiger partial charge in [-0.05, 0) is 55.7 Å². The summed E-state index contributed by atoms with van der Waals surface area (Å²) in [4.78, 5) is 7.23. The highest BCUT2D eigenvalue weighted by Gasteiger charge is 2.25. The van der Waals surface area contributed by atoms with Gasteiger partial charge >= 0.3 is 0 Å². The maximum absolute atomic E-state index is 6.03. The van der Waals surface area contributed by atoms with Gasteiger partial charge < -0.3 is 4.90 Å². The molecule has 0 spiro atoms. The molecule has 0 N–H and O–H groups in total. The lowest BCUT2D eigenvalue weighted by molar-refractivity contribution is 0.989. The van der Waals surface area contributed by atoms with Gasteiger partial charge in [-0.1, -0.05) is 29.8 Å². The smallest absolute Gasteiger partial charge is 0.0755 e. The van der Waals surface area contributed by atoms with E-state index in [1.165, 1.54) is 27.9 Å². The highest BCUT2D eigenvalue weighted by atomic mass is 35.5. The molecule has 2 heterocycles. The number of aryl methyl sites for hydroxylation is 2. The minimum atomic E-state index is 0.773. The Balaban J connectivity index is 1.98. The molecule has 0 saturated heterocycles. The zero-order chi connectivity index (χ0) is 15.3. The van der Waals surface area contributed by atoms with Gasteiger partial charge in [-0.15, -0.1) is 0 Å². The summed E-state index contributed by atoms with van der Waals surface area (Å²) in [5.41, 5.74) is 7.36. The third-order valence-corrected chi connectivity index (χ3v) is 4.74. The quantitative estimate of drug-likeness (QED) is 0.614. The molecule has 3 heteroatoms. The topological polar surface area (TPSA) is 16.1 Å². The van der Waals surface area contributed by atoms with Crippen molar-refractivity contribution in [2.24, 2.45) is 0 Å². The first kappa shape index (κ1) is 13.6. The number of halogens is 1. The minimum Gasteiger partial charge on any atom is -0.340 e. The Labute approximate surface area is 135 Å². The molecule has 110 valence electrons. The predicted octanol–water partition coefficient (Wildman–Crippen LogP) is 5.20. The van der Waals surface area contributed by atoms with Crippen molar-refractivity contribution in [1.29, 1.82) is 0 Å². The number of benzene rings is 2. The molecule has 0 atom stereocenters. The minimum absolute atomic E-state index is 0.773. The van der Waals surface area contributed by atoms with Crippen molar-refractivity contribution in [3.05, 3.63) is 64.3 Å². The predicted molar refractivity (Wildman–Crippen MR) is 93.4 cm³/mol. The average Bonchev–Trinajstić information content (AvgIpc) is 2.95. The summed E-state index contributed by atoms with van der Waals surface area (Å²) < 4.78 is 0. The summed E-state index contributed by atoms with van der Waals surface area (Å²) in [6.45, 7) is 5.24. The van der Waals surface area contributed by atoms with Gasteiger partial charge in [0.25, 0.3) is 0 Å². The van der Waals surface area contributed by atoms with E-state index in [9.17, 15) is 0 Å². The third kappa shape index (κ3) is 1.98. The molecule has 3 aromatic rings. The molecule has 2 aromatic carbocycles. The van der Waals surface area contributed by atoms with Crippen LogP contribution < -0.4 is 4.90 Å². The van der Waals surface area contributed by atoms with Crippen LogP contribution in [0.2, 0.25) is 5.02 Å². The summed E-state index contributed by atoms with van der Waals surface area (Å²) in [7, 11) is 0. The number of hydrogen-bond acceptors (Lipinski definition) is 2. The second-order valence-electron chi connectivity index (χ2n) is 5.87. The molecule has 4 rings (SSSR count). The molecular weight excluding hydrogens is 292 g/mol. The van der Waals surface area contributed by atoms with Crippen LogP contribution in [0.1, 0.15) is 16.8 Å². The van der Waals surface area contributed by atoms with Crippen LogP contribution in [0.5, 0.6) is 0 Å². The van der Waals surface area contributed by atoms with Crippen molar-refractivity contribution in [2.75, 3.05) is 11.4 Å². The van der Waals surface area contributed by atoms with Gasteiger partial charge in [0.05, 0.1) is 11.2 Å². The van der Waals surface area contributed by atoms with Crippen LogP contribution in [0.25, 0.3) is 10.9 Å². The molecule has 0 bridgehead atoms. The van der Waals surface area contributed by atoms with Gasteiger partial charge in [0.2, 0.25) is 0 Å². The van der Waals surface area contributed by atoms with Crippen LogP contribution in [0.4, 0.5) is 11.4 Å². The van der Waals surface area contributed by atoms with Crippen molar-refractivity contribution in [1.82, 2.24) is 4.98 Å². The molecule has 1 aromatic heterocycles. The molecule has 1 aliphatic rings. The Morgan fingerprint density at radius 2 is 1.82 bits per heavy atom. The van der Waals surface area contributed by atoms with E-state index in [2.05, 4.69) is 49.1 Å². The molecule has 22 heavy (non-hydrogen) atoms. The van der Waals surface area contributed by atoms with Gasteiger partial charge in [-0.25, -0.2) is 0 Å². The van der Waals surface area contributed by atoms with Gasteiger partial charge in [0.1, 0.15) is 0 Å². The molecular formula is C19H17ClN2. The van der Waals surface area contributed by atoms with Crippen LogP contribution in [-0.2, 0) is 6.42 Å². The van der Waals surface area contributed by atoms with Crippen molar-refractivity contribution in [3.8, 4) is 0 Å². The van der Waals surface area contributed by atoms with Crippen molar-refractivity contribution < 1.29 is 0 Å². The zero-order valence-corrected chi connectivity index (χ0v) is 13.5. The van der Waals surface area contributed by atoms with E-state index < -0.39 is 0 Å². The maximum Gasteiger partial charge on any atom is 0.0755 e. The number of anilines is 2. The molecule has 0 fully saturated rings. The lowest BCUT2D eigenvalue weighted by atomic mass is 10.0. The standard InChI is InChI=1S/C19H17ClN2/c1-12-4-3-5-17-18(12)21-13(2)16-10-11-22(19(16)17)15-8-6-14(20)7-9-15/h3-9H,10-11H2,1-2H3. The summed E-state index contributed by atoms with van der Waals surface area (Å²) >= 11 is 6.03. The fourth-order valence-electron chi connectivity index (χ4n) is 3.39. The number of pyridine rings is 1. The molecule has 1 aliphatic heterocycles. The van der Waals surface area contributed by atoms with Gasteiger partial charge in [0, 0.05) is 28.3 Å². The van der Waals surface area contributed by atoms with E-state index in [0.29, 0.717) is 0 Å². The number of rotatable bonds is 1. The van der Waals surface area contributed by atoms with E-state index in [4.69, 9.17) is 16.6 Å². The number of hydrogen-bond donors (Lipinski definition) is 0. The fraction of sp³-hybridized carbons (Fsp3) is 0.211. The van der Waals surface area contributed by atoms with Crippen molar-refractivity contribution in [2.45, 2.75) is 20.3 Å². The third-order valence-electron chi connectivity index (χ3n) is 4.49. The Kier molecular flexibility index (Phi) is 3.08. The first-order chi connectivity index (χ1) is 10.6. The van der Waals surface area contributed by atoms with Crippen LogP contribution in [0.3, 0.4) is 0 Å². The maximum atomic E-state index is 6.03. The molecule has 0 radical (unpaired) electrons. The highest BCUT2D eigenvalue weighted by Crippen LogP contribution is 2.41. The lowest BCUT2D eigenvalue weighted by Gasteiger charge is -2.22. The largest absolute Gasteiger partial charge is 0.340 e. The number of nitrogens with zero attached hydrogens (tertiary/aromatic N) is 2. The SMILES string of the molecule is Cc1nc2c(C)cccc2c2c1CCN2c1ccc(Cl)cc1. The van der Waals surface area contributed by atoms with Crippen LogP contribution in [-0.4, -0.2) is 11.5 Å². The molecule has 0 aliphatic carbocycles. The molecule has 0 amide bonds.